The Morgan fingerprint density at radius 2 is 2.05 bits per heavy atom. The summed E-state index contributed by atoms with van der Waals surface area (Å²) >= 11 is 0. The molecule has 7 heteroatoms. The molecule has 4 rings (SSSR count). The van der Waals surface area contributed by atoms with Gasteiger partial charge in [0.2, 0.25) is 0 Å². The fourth-order valence-corrected chi connectivity index (χ4v) is 3.49. The predicted octanol–water partition coefficient (Wildman–Crippen LogP) is 0.0349. The van der Waals surface area contributed by atoms with E-state index in [9.17, 15) is 9.59 Å². The number of anilines is 2. The van der Waals surface area contributed by atoms with Crippen LogP contribution in [0.15, 0.2) is 9.59 Å². The highest BCUT2D eigenvalue weighted by Gasteiger charge is 2.34. The molecule has 0 saturated carbocycles. The lowest BCUT2D eigenvalue weighted by atomic mass is 9.84. The van der Waals surface area contributed by atoms with Gasteiger partial charge in [0.25, 0.3) is 5.56 Å². The molecule has 2 bridgehead atoms. The summed E-state index contributed by atoms with van der Waals surface area (Å²) in [6, 6.07) is 0.239. The highest BCUT2D eigenvalue weighted by molar-refractivity contribution is 5.61. The van der Waals surface area contributed by atoms with Crippen LogP contribution in [0.2, 0.25) is 0 Å². The minimum Gasteiger partial charge on any atom is -0.383 e. The van der Waals surface area contributed by atoms with Crippen molar-refractivity contribution in [1.82, 2.24) is 14.5 Å². The van der Waals surface area contributed by atoms with Gasteiger partial charge in [0.15, 0.2) is 0 Å². The summed E-state index contributed by atoms with van der Waals surface area (Å²) in [7, 11) is 0. The number of nitrogens with one attached hydrogen (secondary N) is 2. The van der Waals surface area contributed by atoms with Gasteiger partial charge in [-0.25, -0.2) is 4.79 Å². The van der Waals surface area contributed by atoms with E-state index in [-0.39, 0.29) is 11.9 Å². The van der Waals surface area contributed by atoms with Crippen molar-refractivity contribution in [2.24, 2.45) is 5.92 Å². The number of rotatable bonds is 4. The molecule has 7 nitrogen and oxygen atoms in total. The molecular weight excluding hydrogens is 270 g/mol. The van der Waals surface area contributed by atoms with E-state index in [0.29, 0.717) is 18.2 Å². The molecule has 1 aromatic heterocycles. The van der Waals surface area contributed by atoms with Gasteiger partial charge in [0, 0.05) is 19.1 Å². The van der Waals surface area contributed by atoms with E-state index in [4.69, 9.17) is 5.73 Å². The van der Waals surface area contributed by atoms with Gasteiger partial charge in [0.05, 0.1) is 0 Å². The van der Waals surface area contributed by atoms with Gasteiger partial charge < -0.3 is 16.0 Å². The molecule has 4 heterocycles. The maximum atomic E-state index is 12.1. The van der Waals surface area contributed by atoms with E-state index in [2.05, 4.69) is 15.2 Å². The molecule has 3 saturated heterocycles. The molecule has 3 fully saturated rings. The third-order valence-electron chi connectivity index (χ3n) is 4.67. The van der Waals surface area contributed by atoms with Crippen LogP contribution < -0.4 is 22.3 Å². The summed E-state index contributed by atoms with van der Waals surface area (Å²) in [6.07, 6.45) is 3.10. The van der Waals surface area contributed by atoms with Crippen molar-refractivity contribution in [3.05, 3.63) is 20.8 Å². The van der Waals surface area contributed by atoms with Crippen LogP contribution in [0.25, 0.3) is 0 Å². The van der Waals surface area contributed by atoms with Crippen LogP contribution >= 0.6 is 0 Å². The number of nitrogens with two attached hydrogens (primary N) is 1. The van der Waals surface area contributed by atoms with Crippen molar-refractivity contribution in [2.45, 2.75) is 38.8 Å². The van der Waals surface area contributed by atoms with E-state index in [1.54, 1.807) is 0 Å². The van der Waals surface area contributed by atoms with Gasteiger partial charge in [0.1, 0.15) is 11.5 Å². The molecule has 3 aliphatic rings. The number of nitrogens with zero attached hydrogens (tertiary/aromatic N) is 2. The first-order chi connectivity index (χ1) is 10.1. The van der Waals surface area contributed by atoms with Crippen molar-refractivity contribution >= 4 is 11.5 Å². The SMILES string of the molecule is CCCn1c(N)c(NC2CN3CCC2CC3)c(=O)[nH]c1=O. The Morgan fingerprint density at radius 3 is 2.62 bits per heavy atom. The van der Waals surface area contributed by atoms with Crippen LogP contribution in [0.1, 0.15) is 26.2 Å². The van der Waals surface area contributed by atoms with Crippen molar-refractivity contribution in [3.8, 4) is 0 Å². The summed E-state index contributed by atoms with van der Waals surface area (Å²) < 4.78 is 1.44. The topological polar surface area (TPSA) is 96.2 Å². The maximum absolute atomic E-state index is 12.1. The number of hydrogen-bond donors (Lipinski definition) is 3. The lowest BCUT2D eigenvalue weighted by Crippen LogP contribution is -2.54. The van der Waals surface area contributed by atoms with E-state index in [1.807, 2.05) is 6.92 Å². The van der Waals surface area contributed by atoms with Gasteiger partial charge >= 0.3 is 5.69 Å². The fraction of sp³-hybridized carbons (Fsp3) is 0.714. The van der Waals surface area contributed by atoms with Gasteiger partial charge in [-0.05, 0) is 38.3 Å². The maximum Gasteiger partial charge on any atom is 0.330 e. The smallest absolute Gasteiger partial charge is 0.330 e. The second-order valence-electron chi connectivity index (χ2n) is 6.06. The van der Waals surface area contributed by atoms with Crippen LogP contribution in [-0.2, 0) is 6.54 Å². The summed E-state index contributed by atoms with van der Waals surface area (Å²) in [5, 5.41) is 3.30. The molecule has 1 aromatic rings. The number of hydrogen-bond acceptors (Lipinski definition) is 5. The molecule has 3 aliphatic heterocycles. The zero-order valence-electron chi connectivity index (χ0n) is 12.4. The largest absolute Gasteiger partial charge is 0.383 e. The Balaban J connectivity index is 1.90. The molecular formula is C14H23N5O2. The second kappa shape index (κ2) is 5.55. The molecule has 21 heavy (non-hydrogen) atoms. The van der Waals surface area contributed by atoms with E-state index >= 15 is 0 Å². The van der Waals surface area contributed by atoms with E-state index in [0.717, 1.165) is 38.9 Å². The number of aromatic nitrogens is 2. The highest BCUT2D eigenvalue weighted by Crippen LogP contribution is 2.29. The Labute approximate surface area is 123 Å². The molecule has 0 radical (unpaired) electrons. The predicted molar refractivity (Wildman–Crippen MR) is 82.6 cm³/mol. The third kappa shape index (κ3) is 2.57. The molecule has 0 spiro atoms. The standard InChI is InChI=1S/C14H23N5O2/c1-2-5-19-12(15)11(13(20)17-14(19)21)16-10-8-18-6-3-9(10)4-7-18/h9-10,16H,2-8,15H2,1H3,(H,17,20,21). The normalized spacial score (nSPS) is 27.8. The molecule has 0 amide bonds. The highest BCUT2D eigenvalue weighted by atomic mass is 16.2. The minimum atomic E-state index is -0.432. The zero-order chi connectivity index (χ0) is 15.0. The van der Waals surface area contributed by atoms with Crippen molar-refractivity contribution in [1.29, 1.82) is 0 Å². The second-order valence-corrected chi connectivity index (χ2v) is 6.06. The van der Waals surface area contributed by atoms with Gasteiger partial charge in [-0.3, -0.25) is 14.3 Å². The zero-order valence-corrected chi connectivity index (χ0v) is 12.4. The first kappa shape index (κ1) is 14.2. The Hall–Kier alpha value is -1.76. The number of H-pyrrole nitrogens is 1. The Morgan fingerprint density at radius 1 is 1.33 bits per heavy atom. The van der Waals surface area contributed by atoms with Gasteiger partial charge in [-0.15, -0.1) is 0 Å². The molecule has 1 atom stereocenters. The van der Waals surface area contributed by atoms with E-state index in [1.165, 1.54) is 4.57 Å². The lowest BCUT2D eigenvalue weighted by molar-refractivity contribution is 0.0975. The van der Waals surface area contributed by atoms with Crippen molar-refractivity contribution in [2.75, 3.05) is 30.7 Å². The van der Waals surface area contributed by atoms with Crippen LogP contribution in [0, 0.1) is 5.92 Å². The van der Waals surface area contributed by atoms with Crippen LogP contribution in [0.5, 0.6) is 0 Å². The van der Waals surface area contributed by atoms with Crippen molar-refractivity contribution < 1.29 is 0 Å². The Bertz CT molecular complexity index is 627. The number of nitrogen functional groups attached to an aromatic ring is 1. The van der Waals surface area contributed by atoms with Crippen molar-refractivity contribution in [3.63, 3.8) is 0 Å². The van der Waals surface area contributed by atoms with Crippen LogP contribution in [0.3, 0.4) is 0 Å². The fourth-order valence-electron chi connectivity index (χ4n) is 3.49. The minimum absolute atomic E-state index is 0.239. The lowest BCUT2D eigenvalue weighted by Gasteiger charge is -2.45. The quantitative estimate of drug-likeness (QED) is 0.728. The van der Waals surface area contributed by atoms with Gasteiger partial charge in [-0.1, -0.05) is 6.92 Å². The summed E-state index contributed by atoms with van der Waals surface area (Å²) in [6.45, 7) is 5.71. The molecule has 0 aliphatic carbocycles. The van der Waals surface area contributed by atoms with Crippen LogP contribution in [-0.4, -0.2) is 40.1 Å². The monoisotopic (exact) mass is 293 g/mol. The summed E-state index contributed by atoms with van der Waals surface area (Å²) in [5.41, 5.74) is 5.55. The number of piperidine rings is 3. The first-order valence-electron chi connectivity index (χ1n) is 7.71. The average molecular weight is 293 g/mol. The summed E-state index contributed by atoms with van der Waals surface area (Å²) in [5.74, 6) is 0.836. The molecule has 4 N–H and O–H groups in total. The van der Waals surface area contributed by atoms with E-state index < -0.39 is 11.2 Å². The van der Waals surface area contributed by atoms with Crippen LogP contribution in [0.4, 0.5) is 11.5 Å². The van der Waals surface area contributed by atoms with Gasteiger partial charge in [-0.2, -0.15) is 0 Å². The molecule has 0 aromatic carbocycles. The molecule has 116 valence electrons. The first-order valence-corrected chi connectivity index (χ1v) is 7.71. The third-order valence-corrected chi connectivity index (χ3v) is 4.67. The Kier molecular flexibility index (Phi) is 3.75. The number of aromatic amines is 1. The molecule has 1 unspecified atom stereocenters. The summed E-state index contributed by atoms with van der Waals surface area (Å²) in [4.78, 5) is 28.7. The number of fused-ring (bicyclic) bond motifs is 3. The average Bonchev–Trinajstić information content (AvgIpc) is 2.49.